The van der Waals surface area contributed by atoms with Crippen molar-refractivity contribution >= 4 is 39.5 Å². The van der Waals surface area contributed by atoms with E-state index in [2.05, 4.69) is 4.98 Å². The first-order valence-electron chi connectivity index (χ1n) is 9.41. The van der Waals surface area contributed by atoms with E-state index in [1.54, 1.807) is 28.1 Å². The fourth-order valence-electron chi connectivity index (χ4n) is 3.82. The number of nitrogens with zero attached hydrogens (tertiary/aromatic N) is 4. The summed E-state index contributed by atoms with van der Waals surface area (Å²) in [7, 11) is 3.46. The van der Waals surface area contributed by atoms with Crippen LogP contribution >= 0.6 is 11.3 Å². The van der Waals surface area contributed by atoms with Crippen molar-refractivity contribution in [2.75, 3.05) is 11.4 Å². The number of nitrogens with one attached hydrogen (secondary N) is 1. The fourth-order valence-corrected chi connectivity index (χ4v) is 4.71. The number of aromatic nitrogens is 3. The summed E-state index contributed by atoms with van der Waals surface area (Å²) < 4.78 is 3.18. The summed E-state index contributed by atoms with van der Waals surface area (Å²) in [6.45, 7) is 0.195. The molecule has 1 aliphatic rings. The Morgan fingerprint density at radius 2 is 1.80 bits per heavy atom. The van der Waals surface area contributed by atoms with E-state index in [4.69, 9.17) is 5.41 Å². The van der Waals surface area contributed by atoms with Crippen molar-refractivity contribution in [2.45, 2.75) is 0 Å². The number of thiazole rings is 1. The monoisotopic (exact) mass is 417 g/mol. The molecule has 0 aliphatic carbocycles. The molecule has 5 rings (SSSR count). The molecule has 0 radical (unpaired) electrons. The van der Waals surface area contributed by atoms with E-state index in [0.717, 1.165) is 28.0 Å². The minimum absolute atomic E-state index is 0.100. The van der Waals surface area contributed by atoms with Gasteiger partial charge in [0, 0.05) is 30.7 Å². The van der Waals surface area contributed by atoms with Gasteiger partial charge in [0.25, 0.3) is 0 Å². The van der Waals surface area contributed by atoms with Crippen LogP contribution in [0, 0.1) is 5.41 Å². The standard InChI is InChI=1S/C22H19N5O2S/c1-25-16-9-8-14(10-17(16)26(2)22(25)29)27-11-18(28)19(20(27)23)21-24-15(12-30-21)13-6-4-3-5-7-13/h3-10,12,23,28H,11H2,1-2H3. The van der Waals surface area contributed by atoms with Crippen molar-refractivity contribution < 1.29 is 5.11 Å². The molecule has 0 saturated carbocycles. The van der Waals surface area contributed by atoms with E-state index < -0.39 is 0 Å². The normalized spacial score (nSPS) is 14.3. The van der Waals surface area contributed by atoms with Gasteiger partial charge in [-0.05, 0) is 18.2 Å². The summed E-state index contributed by atoms with van der Waals surface area (Å²) in [5, 5.41) is 21.9. The maximum absolute atomic E-state index is 12.2. The van der Waals surface area contributed by atoms with Crippen LogP contribution in [0.15, 0.2) is 64.5 Å². The van der Waals surface area contributed by atoms with Crippen LogP contribution in [0.25, 0.3) is 27.9 Å². The Labute approximate surface area is 176 Å². The second kappa shape index (κ2) is 6.70. The van der Waals surface area contributed by atoms with Gasteiger partial charge in [0.15, 0.2) is 0 Å². The summed E-state index contributed by atoms with van der Waals surface area (Å²) in [5.41, 5.74) is 4.51. The number of rotatable bonds is 3. The van der Waals surface area contributed by atoms with Crippen molar-refractivity contribution in [3.63, 3.8) is 0 Å². The van der Waals surface area contributed by atoms with Crippen LogP contribution in [0.4, 0.5) is 5.69 Å². The number of amidine groups is 1. The number of hydrogen-bond donors (Lipinski definition) is 2. The molecule has 2 N–H and O–H groups in total. The summed E-state index contributed by atoms with van der Waals surface area (Å²) >= 11 is 1.41. The number of hydrogen-bond acceptors (Lipinski definition) is 5. The molecule has 30 heavy (non-hydrogen) atoms. The molecule has 0 atom stereocenters. The van der Waals surface area contributed by atoms with Crippen molar-refractivity contribution in [3.8, 4) is 11.3 Å². The Hall–Kier alpha value is -3.65. The maximum atomic E-state index is 12.2. The molecule has 0 fully saturated rings. The molecule has 0 saturated heterocycles. The van der Waals surface area contributed by atoms with Crippen LogP contribution in [0.5, 0.6) is 0 Å². The van der Waals surface area contributed by atoms with Crippen molar-refractivity contribution in [3.05, 3.63) is 75.2 Å². The number of anilines is 1. The van der Waals surface area contributed by atoms with Gasteiger partial charge in [0.05, 0.1) is 28.8 Å². The number of fused-ring (bicyclic) bond motifs is 1. The van der Waals surface area contributed by atoms with Gasteiger partial charge in [-0.1, -0.05) is 30.3 Å². The Balaban J connectivity index is 1.50. The average molecular weight is 417 g/mol. The minimum atomic E-state index is -0.100. The molecule has 4 aromatic rings. The molecular weight excluding hydrogens is 398 g/mol. The highest BCUT2D eigenvalue weighted by Gasteiger charge is 2.31. The van der Waals surface area contributed by atoms with E-state index in [-0.39, 0.29) is 23.8 Å². The number of aryl methyl sites for hydroxylation is 2. The second-order valence-corrected chi connectivity index (χ2v) is 8.09. The van der Waals surface area contributed by atoms with Crippen LogP contribution in [0.1, 0.15) is 5.01 Å². The molecule has 0 spiro atoms. The van der Waals surface area contributed by atoms with Crippen molar-refractivity contribution in [1.29, 1.82) is 5.41 Å². The van der Waals surface area contributed by atoms with Gasteiger partial charge in [0.1, 0.15) is 16.6 Å². The highest BCUT2D eigenvalue weighted by molar-refractivity contribution is 7.11. The molecule has 0 unspecified atom stereocenters. The first kappa shape index (κ1) is 18.4. The molecule has 1 aliphatic heterocycles. The first-order valence-corrected chi connectivity index (χ1v) is 10.3. The molecule has 0 amide bonds. The number of aliphatic hydroxyl groups is 1. The van der Waals surface area contributed by atoms with E-state index in [9.17, 15) is 9.90 Å². The van der Waals surface area contributed by atoms with Crippen LogP contribution in [0.2, 0.25) is 0 Å². The van der Waals surface area contributed by atoms with E-state index in [1.165, 1.54) is 11.3 Å². The molecule has 2 aromatic carbocycles. The van der Waals surface area contributed by atoms with E-state index >= 15 is 0 Å². The lowest BCUT2D eigenvalue weighted by atomic mass is 10.2. The van der Waals surface area contributed by atoms with Crippen LogP contribution < -0.4 is 10.6 Å². The van der Waals surface area contributed by atoms with E-state index in [0.29, 0.717) is 10.6 Å². The van der Waals surface area contributed by atoms with Gasteiger partial charge in [-0.25, -0.2) is 9.78 Å². The van der Waals surface area contributed by atoms with Crippen LogP contribution in [0.3, 0.4) is 0 Å². The fraction of sp³-hybridized carbons (Fsp3) is 0.136. The lowest BCUT2D eigenvalue weighted by Crippen LogP contribution is -2.26. The summed E-state index contributed by atoms with van der Waals surface area (Å²) in [6, 6.07) is 15.4. The predicted molar refractivity (Wildman–Crippen MR) is 120 cm³/mol. The van der Waals surface area contributed by atoms with Gasteiger partial charge in [-0.2, -0.15) is 0 Å². The van der Waals surface area contributed by atoms with Crippen molar-refractivity contribution in [1.82, 2.24) is 14.1 Å². The quantitative estimate of drug-likeness (QED) is 0.531. The van der Waals surface area contributed by atoms with Crippen LogP contribution in [-0.2, 0) is 14.1 Å². The molecule has 2 aromatic heterocycles. The van der Waals surface area contributed by atoms with Gasteiger partial charge in [-0.3, -0.25) is 14.5 Å². The Morgan fingerprint density at radius 3 is 2.57 bits per heavy atom. The van der Waals surface area contributed by atoms with Gasteiger partial charge < -0.3 is 10.0 Å². The lowest BCUT2D eigenvalue weighted by Gasteiger charge is -2.18. The SMILES string of the molecule is Cn1c(=O)n(C)c2cc(N3CC(O)=C(c4nc(-c5ccccc5)cs4)C3=N)ccc21. The zero-order chi connectivity index (χ0) is 21.0. The molecule has 7 nitrogen and oxygen atoms in total. The second-order valence-electron chi connectivity index (χ2n) is 7.23. The van der Waals surface area contributed by atoms with Crippen LogP contribution in [-0.4, -0.2) is 31.6 Å². The third-order valence-corrected chi connectivity index (χ3v) is 6.32. The average Bonchev–Trinajstić information content (AvgIpc) is 3.41. The number of aliphatic hydroxyl groups excluding tert-OH is 1. The summed E-state index contributed by atoms with van der Waals surface area (Å²) in [5.74, 6) is 0.317. The summed E-state index contributed by atoms with van der Waals surface area (Å²) in [6.07, 6.45) is 0. The number of benzene rings is 2. The van der Waals surface area contributed by atoms with Gasteiger partial charge in [-0.15, -0.1) is 11.3 Å². The molecule has 150 valence electrons. The smallest absolute Gasteiger partial charge is 0.328 e. The largest absolute Gasteiger partial charge is 0.510 e. The third-order valence-electron chi connectivity index (χ3n) is 5.46. The molecule has 0 bridgehead atoms. The third kappa shape index (κ3) is 2.68. The van der Waals surface area contributed by atoms with Gasteiger partial charge in [0.2, 0.25) is 0 Å². The zero-order valence-corrected chi connectivity index (χ0v) is 17.3. The zero-order valence-electron chi connectivity index (χ0n) is 16.5. The van der Waals surface area contributed by atoms with E-state index in [1.807, 2.05) is 53.9 Å². The first-order chi connectivity index (χ1) is 14.5. The van der Waals surface area contributed by atoms with Gasteiger partial charge >= 0.3 is 5.69 Å². The highest BCUT2D eigenvalue weighted by Crippen LogP contribution is 2.35. The summed E-state index contributed by atoms with van der Waals surface area (Å²) in [4.78, 5) is 18.6. The Morgan fingerprint density at radius 1 is 1.07 bits per heavy atom. The molecule has 3 heterocycles. The molecule has 8 heteroatoms. The lowest BCUT2D eigenvalue weighted by molar-refractivity contribution is 0.411. The number of imidazole rings is 1. The highest BCUT2D eigenvalue weighted by atomic mass is 32.1. The van der Waals surface area contributed by atoms with Crippen molar-refractivity contribution in [2.24, 2.45) is 14.1 Å². The topological polar surface area (TPSA) is 87.1 Å². The Bertz CT molecular complexity index is 1390. The minimum Gasteiger partial charge on any atom is -0.510 e. The maximum Gasteiger partial charge on any atom is 0.328 e. The Kier molecular flexibility index (Phi) is 4.11. The molecular formula is C22H19N5O2S. The predicted octanol–water partition coefficient (Wildman–Crippen LogP) is 3.77.